The minimum Gasteiger partial charge on any atom is -0.861 e. The van der Waals surface area contributed by atoms with Crippen molar-refractivity contribution in [3.05, 3.63) is 168 Å². The summed E-state index contributed by atoms with van der Waals surface area (Å²) in [6, 6.07) is 34.7. The van der Waals surface area contributed by atoms with Gasteiger partial charge in [0.15, 0.2) is 0 Å². The first kappa shape index (κ1) is 47.8. The fraction of sp³-hybridized carbons (Fsp3) is 0.244. The largest absolute Gasteiger partial charge is 2.00 e. The van der Waals surface area contributed by atoms with E-state index in [1.807, 2.05) is 66.7 Å². The van der Waals surface area contributed by atoms with Gasteiger partial charge in [-0.05, 0) is 84.4 Å². The molecular weight excluding hydrogens is 966 g/mol. The summed E-state index contributed by atoms with van der Waals surface area (Å²) >= 11 is 19.2. The van der Waals surface area contributed by atoms with Crippen LogP contribution in [0.3, 0.4) is 0 Å². The predicted molar refractivity (Wildman–Crippen MR) is 235 cm³/mol. The van der Waals surface area contributed by atoms with Crippen molar-refractivity contribution in [1.82, 2.24) is 4.90 Å². The number of aliphatic imine (C=N–C) groups is 2. The Bertz CT molecular complexity index is 2270. The molecule has 14 heteroatoms. The molecule has 0 aliphatic carbocycles. The van der Waals surface area contributed by atoms with Gasteiger partial charge in [0.05, 0.1) is 23.4 Å². The van der Waals surface area contributed by atoms with Gasteiger partial charge in [-0.25, -0.2) is 0 Å². The molecule has 1 saturated heterocycles. The van der Waals surface area contributed by atoms with E-state index >= 15 is 0 Å². The molecule has 0 saturated carbocycles. The number of nitrogens with two attached hydrogens (primary N) is 1. The van der Waals surface area contributed by atoms with Crippen LogP contribution in [-0.2, 0) is 32.6 Å². The number of hydrogen-bond donors (Lipinski definition) is 2. The molecule has 1 aliphatic heterocycles. The molecule has 5 aromatic carbocycles. The Morgan fingerprint density at radius 2 is 1.37 bits per heavy atom. The average Bonchev–Trinajstić information content (AvgIpc) is 3.68. The molecule has 1 aliphatic rings. The summed E-state index contributed by atoms with van der Waals surface area (Å²) < 4.78 is 1.63. The van der Waals surface area contributed by atoms with Crippen LogP contribution in [-0.4, -0.2) is 58.2 Å². The molecule has 6 rings (SSSR count). The molecule has 59 heavy (non-hydrogen) atoms. The summed E-state index contributed by atoms with van der Waals surface area (Å²) in [7, 11) is 0. The third-order valence-corrected chi connectivity index (χ3v) is 11.7. The molecule has 0 spiro atoms. The number of benzene rings is 5. The number of carboxylic acid groups (broad SMARTS) is 2. The molecule has 5 atom stereocenters. The van der Waals surface area contributed by atoms with Gasteiger partial charge in [0, 0.05) is 54.5 Å². The predicted octanol–water partition coefficient (Wildman–Crippen LogP) is 8.53. The molecule has 1 fully saturated rings. The van der Waals surface area contributed by atoms with E-state index < -0.39 is 29.9 Å². The SMILES string of the molecule is CC(c1cc(Br)ccc1Cl)[C@H](N)C(=O)O.CC(c1cc(Br)ccc1Cl)[C@H](N=C(c1ccccc1)c1ccccc1N=C([O-])[C@@H]1CCCN1Cc1ccccc1)C(=O)[O-].[Ni+2]. The van der Waals surface area contributed by atoms with Crippen molar-refractivity contribution in [3.8, 4) is 0 Å². The second-order valence-electron chi connectivity index (χ2n) is 14.0. The summed E-state index contributed by atoms with van der Waals surface area (Å²) in [5, 5.41) is 36.0. The van der Waals surface area contributed by atoms with Crippen LogP contribution in [0.15, 0.2) is 140 Å². The van der Waals surface area contributed by atoms with Gasteiger partial charge in [0.25, 0.3) is 0 Å². The summed E-state index contributed by atoms with van der Waals surface area (Å²) in [6.45, 7) is 5.00. The Labute approximate surface area is 381 Å². The molecule has 310 valence electrons. The third kappa shape index (κ3) is 12.8. The molecule has 0 radical (unpaired) electrons. The number of nitrogens with zero attached hydrogens (tertiary/aromatic N) is 3. The first-order valence-electron chi connectivity index (χ1n) is 18.6. The Balaban J connectivity index is 0.000000407. The number of rotatable bonds is 13. The zero-order valence-corrected chi connectivity index (χ0v) is 37.8. The van der Waals surface area contributed by atoms with Crippen LogP contribution in [0.5, 0.6) is 0 Å². The minimum atomic E-state index is -1.33. The summed E-state index contributed by atoms with van der Waals surface area (Å²) in [5.74, 6) is -3.51. The molecule has 1 heterocycles. The molecule has 3 N–H and O–H groups in total. The molecule has 9 nitrogen and oxygen atoms in total. The van der Waals surface area contributed by atoms with E-state index in [4.69, 9.17) is 39.0 Å². The van der Waals surface area contributed by atoms with E-state index in [1.165, 1.54) is 0 Å². The second-order valence-corrected chi connectivity index (χ2v) is 16.6. The number of carbonyl (C=O) groups is 2. The number of likely N-dealkylation sites (tertiary alicyclic amines) is 1. The first-order chi connectivity index (χ1) is 27.7. The maximum absolute atomic E-state index is 13.6. The number of para-hydroxylation sites is 1. The van der Waals surface area contributed by atoms with Crippen molar-refractivity contribution in [1.29, 1.82) is 0 Å². The van der Waals surface area contributed by atoms with E-state index in [-0.39, 0.29) is 34.3 Å². The number of aliphatic carboxylic acids is 2. The van der Waals surface area contributed by atoms with Crippen LogP contribution in [0.25, 0.3) is 0 Å². The maximum atomic E-state index is 13.6. The van der Waals surface area contributed by atoms with Crippen molar-refractivity contribution in [2.24, 2.45) is 15.7 Å². The Kier molecular flexibility index (Phi) is 18.4. The molecule has 2 unspecified atom stereocenters. The van der Waals surface area contributed by atoms with E-state index in [0.29, 0.717) is 44.7 Å². The van der Waals surface area contributed by atoms with Gasteiger partial charge in [-0.15, -0.1) is 0 Å². The number of hydrogen-bond acceptors (Lipinski definition) is 8. The van der Waals surface area contributed by atoms with Crippen LogP contribution >= 0.6 is 55.1 Å². The van der Waals surface area contributed by atoms with Crippen LogP contribution in [0.2, 0.25) is 10.0 Å². The van der Waals surface area contributed by atoms with Gasteiger partial charge in [-0.3, -0.25) is 19.7 Å². The van der Waals surface area contributed by atoms with Gasteiger partial charge in [0.1, 0.15) is 6.04 Å². The number of halogens is 4. The van der Waals surface area contributed by atoms with Gasteiger partial charge >= 0.3 is 22.5 Å². The number of carbonyl (C=O) groups excluding carboxylic acids is 1. The molecule has 0 aromatic heterocycles. The van der Waals surface area contributed by atoms with Crippen LogP contribution in [0.4, 0.5) is 5.69 Å². The second kappa shape index (κ2) is 22.7. The summed E-state index contributed by atoms with van der Waals surface area (Å²) in [6.07, 6.45) is 1.65. The van der Waals surface area contributed by atoms with E-state index in [0.717, 1.165) is 39.5 Å². The molecule has 0 amide bonds. The summed E-state index contributed by atoms with van der Waals surface area (Å²) in [5.41, 5.74) is 10.2. The quantitative estimate of drug-likeness (QED) is 0.0681. The van der Waals surface area contributed by atoms with Crippen LogP contribution in [0.1, 0.15) is 66.3 Å². The van der Waals surface area contributed by atoms with Crippen molar-refractivity contribution in [2.45, 2.75) is 63.2 Å². The van der Waals surface area contributed by atoms with E-state index in [9.17, 15) is 19.8 Å². The van der Waals surface area contributed by atoms with Gasteiger partial charge in [0.2, 0.25) is 0 Å². The van der Waals surface area contributed by atoms with Crippen LogP contribution in [0, 0.1) is 0 Å². The smallest absolute Gasteiger partial charge is 0.861 e. The van der Waals surface area contributed by atoms with Gasteiger partial charge in [-0.1, -0.05) is 148 Å². The Morgan fingerprint density at radius 3 is 1.95 bits per heavy atom. The fourth-order valence-electron chi connectivity index (χ4n) is 6.79. The Hall–Kier alpha value is -3.87. The van der Waals surface area contributed by atoms with Crippen molar-refractivity contribution >= 4 is 84.3 Å². The van der Waals surface area contributed by atoms with Crippen molar-refractivity contribution in [2.75, 3.05) is 6.54 Å². The van der Waals surface area contributed by atoms with E-state index in [1.54, 1.807) is 56.3 Å². The zero-order valence-electron chi connectivity index (χ0n) is 32.1. The van der Waals surface area contributed by atoms with Crippen molar-refractivity contribution < 1.29 is 41.4 Å². The summed E-state index contributed by atoms with van der Waals surface area (Å²) in [4.78, 5) is 34.9. The molecular formula is C45H42Br2Cl2N4NiO5. The fourth-order valence-corrected chi connectivity index (χ4v) is 8.12. The first-order valence-corrected chi connectivity index (χ1v) is 20.9. The molecule has 0 bridgehead atoms. The van der Waals surface area contributed by atoms with Crippen LogP contribution < -0.4 is 15.9 Å². The average molecular weight is 1010 g/mol. The topological polar surface area (TPSA) is 154 Å². The monoisotopic (exact) mass is 1000 g/mol. The zero-order chi connectivity index (χ0) is 41.9. The minimum absolute atomic E-state index is 0. The van der Waals surface area contributed by atoms with Gasteiger partial charge in [-0.2, -0.15) is 0 Å². The molecule has 5 aromatic rings. The Morgan fingerprint density at radius 1 is 0.831 bits per heavy atom. The third-order valence-electron chi connectivity index (χ3n) is 10.0. The van der Waals surface area contributed by atoms with Crippen molar-refractivity contribution in [3.63, 3.8) is 0 Å². The number of carboxylic acids is 2. The standard InChI is InChI=1S/C35H33BrClN3O3.C10H11BrClNO2.Ni/c1-23(28-21-26(36)18-19-29(28)37)32(35(42)43)39-33(25-13-6-3-7-14-25)27-15-8-9-16-30(27)38-34(41)31-17-10-20-40(31)22-24-11-4-2-5-12-24;1-5(9(13)10(14)15)7-4-6(11)2-3-8(7)12;/h2-9,11-16,18-19,21,23,31-32H,10,17,20,22H2,1H3,(H,38,41)(H,42,43);2-5,9H,13H2,1H3,(H,14,15);/q;;+2/p-2/t23?,31-,32-;5?,9-;/m00./s1. The normalized spacial score (nSPS) is 16.5. The van der Waals surface area contributed by atoms with E-state index in [2.05, 4.69) is 53.9 Å². The maximum Gasteiger partial charge on any atom is 2.00 e. The van der Waals surface area contributed by atoms with Gasteiger partial charge < -0.3 is 25.8 Å².